The third-order valence-electron chi connectivity index (χ3n) is 5.60. The Balaban J connectivity index is 2.86. The average molecular weight is 511 g/mol. The van der Waals surface area contributed by atoms with Crippen LogP contribution in [0.3, 0.4) is 0 Å². The normalized spacial score (nSPS) is 15.0. The van der Waals surface area contributed by atoms with Crippen LogP contribution in [-0.4, -0.2) is 80.9 Å². The molecule has 1 aromatic carbocycles. The van der Waals surface area contributed by atoms with Crippen molar-refractivity contribution in [1.82, 2.24) is 16.0 Å². The lowest BCUT2D eigenvalue weighted by atomic mass is 9.97. The summed E-state index contributed by atoms with van der Waals surface area (Å²) in [6, 6.07) is 0.806. The molecule has 36 heavy (non-hydrogen) atoms. The third kappa shape index (κ3) is 9.88. The summed E-state index contributed by atoms with van der Waals surface area (Å²) in [6.07, 6.45) is -0.331. The Morgan fingerprint density at radius 2 is 1.50 bits per heavy atom. The predicted octanol–water partition coefficient (Wildman–Crippen LogP) is -1.30. The highest BCUT2D eigenvalue weighted by atomic mass is 16.4. The minimum Gasteiger partial charge on any atom is -0.508 e. The molecule has 0 saturated heterocycles. The van der Waals surface area contributed by atoms with Crippen LogP contribution in [0.5, 0.6) is 5.75 Å². The summed E-state index contributed by atoms with van der Waals surface area (Å²) < 4.78 is 0. The molecule has 0 saturated carbocycles. The first-order valence-electron chi connectivity index (χ1n) is 11.4. The number of nitrogens with one attached hydrogen (secondary N) is 3. The summed E-state index contributed by atoms with van der Waals surface area (Å²) in [6.45, 7) is 2.58. The summed E-state index contributed by atoms with van der Waals surface area (Å²) in [5.41, 5.74) is 6.55. The fourth-order valence-electron chi connectivity index (χ4n) is 3.19. The molecule has 0 aromatic heterocycles. The number of phenols is 1. The smallest absolute Gasteiger partial charge is 0.326 e. The second-order valence-corrected chi connectivity index (χ2v) is 8.42. The summed E-state index contributed by atoms with van der Waals surface area (Å²) in [5.74, 6) is -5.54. The molecule has 0 fully saturated rings. The van der Waals surface area contributed by atoms with Gasteiger partial charge in [-0.3, -0.25) is 19.2 Å². The lowest BCUT2D eigenvalue weighted by Gasteiger charge is -2.27. The number of nitrogens with two attached hydrogens (primary N) is 1. The van der Waals surface area contributed by atoms with Crippen LogP contribution in [0.4, 0.5) is 0 Å². The van der Waals surface area contributed by atoms with E-state index in [4.69, 9.17) is 10.8 Å². The van der Waals surface area contributed by atoms with Crippen LogP contribution < -0.4 is 21.7 Å². The van der Waals surface area contributed by atoms with Crippen molar-refractivity contribution in [2.45, 2.75) is 63.7 Å². The van der Waals surface area contributed by atoms with E-state index < -0.39 is 72.8 Å². The Kier molecular flexibility index (Phi) is 12.3. The Morgan fingerprint density at radius 3 is 2.00 bits per heavy atom. The van der Waals surface area contributed by atoms with Gasteiger partial charge in [0.2, 0.25) is 17.7 Å². The number of hydrogen-bond donors (Lipinski definition) is 8. The number of aliphatic hydroxyl groups is 1. The maximum atomic E-state index is 12.8. The fourth-order valence-corrected chi connectivity index (χ4v) is 3.19. The predicted molar refractivity (Wildman–Crippen MR) is 127 cm³/mol. The minimum absolute atomic E-state index is 0.0465. The van der Waals surface area contributed by atoms with Crippen molar-refractivity contribution < 1.29 is 44.4 Å². The summed E-state index contributed by atoms with van der Waals surface area (Å²) in [7, 11) is 0. The van der Waals surface area contributed by atoms with E-state index in [9.17, 15) is 39.3 Å². The van der Waals surface area contributed by atoms with Gasteiger partial charge >= 0.3 is 11.9 Å². The molecule has 0 aliphatic rings. The van der Waals surface area contributed by atoms with Crippen LogP contribution in [0.2, 0.25) is 0 Å². The Labute approximate surface area is 208 Å². The molecular weight excluding hydrogens is 476 g/mol. The number of carbonyl (C=O) groups is 5. The number of hydrogen-bond acceptors (Lipinski definition) is 8. The van der Waals surface area contributed by atoms with E-state index >= 15 is 0 Å². The van der Waals surface area contributed by atoms with Gasteiger partial charge in [0.25, 0.3) is 0 Å². The molecule has 1 aromatic rings. The van der Waals surface area contributed by atoms with E-state index in [0.29, 0.717) is 12.0 Å². The van der Waals surface area contributed by atoms with Crippen LogP contribution in [0.15, 0.2) is 24.3 Å². The first-order chi connectivity index (χ1) is 16.9. The van der Waals surface area contributed by atoms with Gasteiger partial charge in [-0.1, -0.05) is 32.4 Å². The fraction of sp³-hybridized carbons (Fsp3) is 0.522. The van der Waals surface area contributed by atoms with Crippen LogP contribution in [-0.2, 0) is 30.4 Å². The number of phenolic OH excluding ortho intramolecular Hbond substituents is 1. The second kappa shape index (κ2) is 14.6. The van der Waals surface area contributed by atoms with Crippen molar-refractivity contribution >= 4 is 29.7 Å². The highest BCUT2D eigenvalue weighted by Crippen LogP contribution is 2.12. The Morgan fingerprint density at radius 1 is 0.917 bits per heavy atom. The number of rotatable bonds is 15. The number of carboxylic acid groups (broad SMARTS) is 2. The molecule has 0 heterocycles. The van der Waals surface area contributed by atoms with Crippen molar-refractivity contribution in [2.75, 3.05) is 6.61 Å². The van der Waals surface area contributed by atoms with Gasteiger partial charge in [-0.25, -0.2) is 4.79 Å². The lowest BCUT2D eigenvalue weighted by Crippen LogP contribution is -2.59. The van der Waals surface area contributed by atoms with Crippen LogP contribution in [0, 0.1) is 5.92 Å². The maximum absolute atomic E-state index is 12.8. The zero-order valence-corrected chi connectivity index (χ0v) is 20.1. The van der Waals surface area contributed by atoms with Gasteiger partial charge < -0.3 is 42.1 Å². The number of aliphatic hydroxyl groups excluding tert-OH is 1. The molecule has 1 rings (SSSR count). The van der Waals surface area contributed by atoms with E-state index in [-0.39, 0.29) is 18.6 Å². The molecule has 13 nitrogen and oxygen atoms in total. The first-order valence-corrected chi connectivity index (χ1v) is 11.4. The quantitative estimate of drug-likeness (QED) is 0.139. The standard InChI is InChI=1S/C23H34N4O9/c1-3-12(2)19(22(34)25-16(23(35)36)8-9-18(30)31)27-21(33)17(11-28)26-20(32)15(24)10-13-4-6-14(29)7-5-13/h4-7,12,15-17,19,28-29H,3,8-11,24H2,1-2H3,(H,25,34)(H,26,32)(H,27,33)(H,30,31)(H,35,36). The van der Waals surface area contributed by atoms with E-state index in [2.05, 4.69) is 16.0 Å². The zero-order chi connectivity index (χ0) is 27.4. The number of carbonyl (C=O) groups excluding carboxylic acids is 3. The molecule has 0 aliphatic carbocycles. The SMILES string of the molecule is CCC(C)C(NC(=O)C(CO)NC(=O)C(N)Cc1ccc(O)cc1)C(=O)NC(CCC(=O)O)C(=O)O. The van der Waals surface area contributed by atoms with Gasteiger partial charge in [-0.05, 0) is 36.5 Å². The highest BCUT2D eigenvalue weighted by Gasteiger charge is 2.32. The molecule has 9 N–H and O–H groups in total. The summed E-state index contributed by atoms with van der Waals surface area (Å²) in [5, 5.41) is 44.1. The summed E-state index contributed by atoms with van der Waals surface area (Å²) >= 11 is 0. The van der Waals surface area contributed by atoms with Gasteiger partial charge in [0.15, 0.2) is 0 Å². The molecule has 5 unspecified atom stereocenters. The molecule has 0 bridgehead atoms. The largest absolute Gasteiger partial charge is 0.508 e. The van der Waals surface area contributed by atoms with Gasteiger partial charge in [0.05, 0.1) is 12.6 Å². The van der Waals surface area contributed by atoms with Gasteiger partial charge in [0.1, 0.15) is 23.9 Å². The van der Waals surface area contributed by atoms with Crippen molar-refractivity contribution in [3.05, 3.63) is 29.8 Å². The van der Waals surface area contributed by atoms with E-state index in [1.807, 2.05) is 0 Å². The van der Waals surface area contributed by atoms with Gasteiger partial charge in [0, 0.05) is 6.42 Å². The molecule has 13 heteroatoms. The molecule has 3 amide bonds. The molecule has 200 valence electrons. The molecule has 5 atom stereocenters. The Bertz CT molecular complexity index is 923. The maximum Gasteiger partial charge on any atom is 0.326 e. The Hall–Kier alpha value is -3.71. The first kappa shape index (κ1) is 30.3. The van der Waals surface area contributed by atoms with Crippen molar-refractivity contribution in [2.24, 2.45) is 11.7 Å². The molecule has 0 spiro atoms. The second-order valence-electron chi connectivity index (χ2n) is 8.42. The topological polar surface area (TPSA) is 228 Å². The third-order valence-corrected chi connectivity index (χ3v) is 5.60. The number of carboxylic acids is 2. The monoisotopic (exact) mass is 510 g/mol. The van der Waals surface area contributed by atoms with Crippen LogP contribution >= 0.6 is 0 Å². The van der Waals surface area contributed by atoms with Crippen molar-refractivity contribution in [3.63, 3.8) is 0 Å². The van der Waals surface area contributed by atoms with E-state index in [1.54, 1.807) is 26.0 Å². The van der Waals surface area contributed by atoms with E-state index in [0.717, 1.165) is 0 Å². The molecule has 0 aliphatic heterocycles. The highest BCUT2D eigenvalue weighted by molar-refractivity contribution is 5.94. The minimum atomic E-state index is -1.48. The molecular formula is C23H34N4O9. The van der Waals surface area contributed by atoms with Crippen molar-refractivity contribution in [3.8, 4) is 5.75 Å². The lowest BCUT2D eigenvalue weighted by molar-refractivity contribution is -0.143. The number of aliphatic carboxylic acids is 2. The number of amides is 3. The van der Waals surface area contributed by atoms with Crippen molar-refractivity contribution in [1.29, 1.82) is 0 Å². The van der Waals surface area contributed by atoms with E-state index in [1.165, 1.54) is 12.1 Å². The van der Waals surface area contributed by atoms with Crippen LogP contribution in [0.1, 0.15) is 38.7 Å². The zero-order valence-electron chi connectivity index (χ0n) is 20.1. The van der Waals surface area contributed by atoms with Gasteiger partial charge in [-0.2, -0.15) is 0 Å². The number of aromatic hydroxyl groups is 1. The average Bonchev–Trinajstić information content (AvgIpc) is 2.83. The molecule has 0 radical (unpaired) electrons. The van der Waals surface area contributed by atoms with Crippen LogP contribution in [0.25, 0.3) is 0 Å². The number of benzene rings is 1. The summed E-state index contributed by atoms with van der Waals surface area (Å²) in [4.78, 5) is 60.2. The van der Waals surface area contributed by atoms with Gasteiger partial charge in [-0.15, -0.1) is 0 Å².